The molecule has 1 heterocycles. The summed E-state index contributed by atoms with van der Waals surface area (Å²) in [4.78, 5) is 25.3. The van der Waals surface area contributed by atoms with Crippen molar-refractivity contribution in [3.05, 3.63) is 76.2 Å². The maximum absolute atomic E-state index is 13.3. The van der Waals surface area contributed by atoms with Crippen molar-refractivity contribution in [3.8, 4) is 11.1 Å². The fourth-order valence-corrected chi connectivity index (χ4v) is 4.04. The third kappa shape index (κ3) is 4.96. The van der Waals surface area contributed by atoms with Crippen LogP contribution in [0, 0.1) is 0 Å². The van der Waals surface area contributed by atoms with Gasteiger partial charge in [-0.3, -0.25) is 4.79 Å². The molecule has 0 spiro atoms. The molecular weight excluding hydrogens is 427 g/mol. The van der Waals surface area contributed by atoms with E-state index in [1.807, 2.05) is 31.2 Å². The maximum atomic E-state index is 13.3. The van der Waals surface area contributed by atoms with Crippen LogP contribution < -0.4 is 5.32 Å². The fraction of sp³-hybridized carbons (Fsp3) is 0.217. The van der Waals surface area contributed by atoms with Crippen molar-refractivity contribution >= 4 is 28.2 Å². The van der Waals surface area contributed by atoms with Gasteiger partial charge < -0.3 is 10.1 Å². The summed E-state index contributed by atoms with van der Waals surface area (Å²) in [7, 11) is 0. The van der Waals surface area contributed by atoms with Gasteiger partial charge in [0.15, 0.2) is 0 Å². The number of rotatable bonds is 6. The van der Waals surface area contributed by atoms with Crippen LogP contribution in [0.3, 0.4) is 0 Å². The Bertz CT molecular complexity index is 1090. The number of ether oxygens (including phenoxy) is 1. The van der Waals surface area contributed by atoms with Crippen LogP contribution in [0.2, 0.25) is 0 Å². The van der Waals surface area contributed by atoms with Crippen LogP contribution in [0.15, 0.2) is 53.9 Å². The highest BCUT2D eigenvalue weighted by atomic mass is 32.1. The van der Waals surface area contributed by atoms with Gasteiger partial charge in [-0.1, -0.05) is 43.3 Å². The van der Waals surface area contributed by atoms with Crippen LogP contribution in [0.5, 0.6) is 0 Å². The van der Waals surface area contributed by atoms with Crippen molar-refractivity contribution in [1.29, 1.82) is 0 Å². The van der Waals surface area contributed by atoms with Gasteiger partial charge in [-0.2, -0.15) is 13.2 Å². The number of alkyl halides is 3. The Morgan fingerprint density at radius 3 is 2.32 bits per heavy atom. The van der Waals surface area contributed by atoms with Crippen LogP contribution >= 0.6 is 11.3 Å². The van der Waals surface area contributed by atoms with Gasteiger partial charge in [0.2, 0.25) is 0 Å². The average Bonchev–Trinajstić information content (AvgIpc) is 3.17. The van der Waals surface area contributed by atoms with E-state index in [2.05, 4.69) is 5.32 Å². The smallest absolute Gasteiger partial charge is 0.417 e. The molecule has 0 atom stereocenters. The minimum Gasteiger partial charge on any atom is -0.462 e. The van der Waals surface area contributed by atoms with Crippen molar-refractivity contribution in [2.24, 2.45) is 0 Å². The van der Waals surface area contributed by atoms with Gasteiger partial charge in [-0.05, 0) is 36.6 Å². The first-order valence-corrected chi connectivity index (χ1v) is 10.5. The van der Waals surface area contributed by atoms with E-state index in [0.717, 1.165) is 41.0 Å². The number of carbonyl (C=O) groups excluding carboxylic acids is 2. The van der Waals surface area contributed by atoms with Crippen LogP contribution in [0.1, 0.15) is 45.7 Å². The lowest BCUT2D eigenvalue weighted by Gasteiger charge is -2.13. The molecule has 1 N–H and O–H groups in total. The first-order chi connectivity index (χ1) is 14.8. The number of carbonyl (C=O) groups is 2. The molecular formula is C23H20F3NO3S. The summed E-state index contributed by atoms with van der Waals surface area (Å²) in [5.74, 6) is -1.61. The quantitative estimate of drug-likeness (QED) is 0.443. The van der Waals surface area contributed by atoms with Crippen LogP contribution in [0.4, 0.5) is 18.2 Å². The molecule has 3 aromatic rings. The third-order valence-corrected chi connectivity index (χ3v) is 5.54. The molecule has 0 aliphatic heterocycles. The average molecular weight is 447 g/mol. The minimum atomic E-state index is -4.68. The lowest BCUT2D eigenvalue weighted by molar-refractivity contribution is -0.137. The number of esters is 1. The molecule has 4 nitrogen and oxygen atoms in total. The zero-order valence-corrected chi connectivity index (χ0v) is 17.7. The number of amides is 1. The number of aryl methyl sites for hydroxylation is 1. The number of halogens is 3. The van der Waals surface area contributed by atoms with E-state index in [0.29, 0.717) is 5.56 Å². The highest BCUT2D eigenvalue weighted by Crippen LogP contribution is 2.37. The predicted octanol–water partition coefficient (Wildman–Crippen LogP) is 6.43. The summed E-state index contributed by atoms with van der Waals surface area (Å²) in [5.41, 5.74) is 0.963. The Morgan fingerprint density at radius 1 is 1.03 bits per heavy atom. The number of nitrogens with one attached hydrogen (secondary N) is 1. The van der Waals surface area contributed by atoms with Crippen molar-refractivity contribution in [3.63, 3.8) is 0 Å². The number of hydrogen-bond acceptors (Lipinski definition) is 4. The van der Waals surface area contributed by atoms with E-state index in [9.17, 15) is 22.8 Å². The number of thiophene rings is 1. The van der Waals surface area contributed by atoms with Crippen LogP contribution in [-0.4, -0.2) is 18.5 Å². The SMILES string of the molecule is CCOC(=O)c1c(-c2ccc(CC)cc2)csc1NC(=O)c1ccccc1C(F)(F)F. The van der Waals surface area contributed by atoms with Gasteiger partial charge >= 0.3 is 12.1 Å². The lowest BCUT2D eigenvalue weighted by Crippen LogP contribution is -2.19. The summed E-state index contributed by atoms with van der Waals surface area (Å²) in [5, 5.41) is 4.28. The zero-order valence-electron chi connectivity index (χ0n) is 16.9. The second-order valence-electron chi connectivity index (χ2n) is 6.62. The maximum Gasteiger partial charge on any atom is 0.417 e. The summed E-state index contributed by atoms with van der Waals surface area (Å²) in [6.45, 7) is 3.79. The molecule has 0 aliphatic rings. The van der Waals surface area contributed by atoms with Crippen LogP contribution in [-0.2, 0) is 17.3 Å². The summed E-state index contributed by atoms with van der Waals surface area (Å²) < 4.78 is 45.0. The van der Waals surface area contributed by atoms with E-state index < -0.39 is 29.2 Å². The van der Waals surface area contributed by atoms with Crippen molar-refractivity contribution < 1.29 is 27.5 Å². The molecule has 3 rings (SSSR count). The molecule has 0 aliphatic carbocycles. The van der Waals surface area contributed by atoms with Gasteiger partial charge in [-0.25, -0.2) is 4.79 Å². The molecule has 0 fully saturated rings. The second kappa shape index (κ2) is 9.34. The first kappa shape index (κ1) is 22.6. The number of hydrogen-bond donors (Lipinski definition) is 1. The number of anilines is 1. The van der Waals surface area contributed by atoms with E-state index in [1.165, 1.54) is 12.1 Å². The zero-order chi connectivity index (χ0) is 22.6. The van der Waals surface area contributed by atoms with Crippen LogP contribution in [0.25, 0.3) is 11.1 Å². The Kier molecular flexibility index (Phi) is 6.80. The van der Waals surface area contributed by atoms with Gasteiger partial charge in [0, 0.05) is 10.9 Å². The molecule has 0 unspecified atom stereocenters. The van der Waals surface area contributed by atoms with E-state index >= 15 is 0 Å². The lowest BCUT2D eigenvalue weighted by atomic mass is 10.0. The highest BCUT2D eigenvalue weighted by molar-refractivity contribution is 7.15. The third-order valence-electron chi connectivity index (χ3n) is 4.65. The fourth-order valence-electron chi connectivity index (χ4n) is 3.09. The van der Waals surface area contributed by atoms with E-state index in [1.54, 1.807) is 12.3 Å². The Morgan fingerprint density at radius 2 is 1.71 bits per heavy atom. The molecule has 162 valence electrons. The molecule has 0 saturated carbocycles. The molecule has 31 heavy (non-hydrogen) atoms. The summed E-state index contributed by atoms with van der Waals surface area (Å²) in [6, 6.07) is 12.1. The molecule has 0 radical (unpaired) electrons. The molecule has 1 amide bonds. The summed E-state index contributed by atoms with van der Waals surface area (Å²) in [6.07, 6.45) is -3.83. The van der Waals surface area contributed by atoms with Gasteiger partial charge in [-0.15, -0.1) is 11.3 Å². The van der Waals surface area contributed by atoms with E-state index in [-0.39, 0.29) is 17.2 Å². The molecule has 8 heteroatoms. The largest absolute Gasteiger partial charge is 0.462 e. The Balaban J connectivity index is 2.01. The Labute approximate surface area is 181 Å². The minimum absolute atomic E-state index is 0.118. The van der Waals surface area contributed by atoms with Gasteiger partial charge in [0.1, 0.15) is 10.6 Å². The van der Waals surface area contributed by atoms with Crippen molar-refractivity contribution in [2.45, 2.75) is 26.4 Å². The van der Waals surface area contributed by atoms with Gasteiger partial charge in [0.05, 0.1) is 17.7 Å². The molecule has 0 saturated heterocycles. The molecule has 2 aromatic carbocycles. The topological polar surface area (TPSA) is 55.4 Å². The van der Waals surface area contributed by atoms with Crippen molar-refractivity contribution in [1.82, 2.24) is 0 Å². The second-order valence-corrected chi connectivity index (χ2v) is 7.50. The summed E-state index contributed by atoms with van der Waals surface area (Å²) >= 11 is 1.06. The number of benzene rings is 2. The highest BCUT2D eigenvalue weighted by Gasteiger charge is 2.35. The molecule has 0 bridgehead atoms. The van der Waals surface area contributed by atoms with Gasteiger partial charge in [0.25, 0.3) is 5.91 Å². The monoisotopic (exact) mass is 447 g/mol. The van der Waals surface area contributed by atoms with Crippen molar-refractivity contribution in [2.75, 3.05) is 11.9 Å². The Hall–Kier alpha value is -3.13. The molecule has 1 aromatic heterocycles. The van der Waals surface area contributed by atoms with E-state index in [4.69, 9.17) is 4.74 Å². The predicted molar refractivity (Wildman–Crippen MR) is 114 cm³/mol. The standard InChI is InChI=1S/C23H20F3NO3S/c1-3-14-9-11-15(12-10-14)17-13-31-21(19(17)22(29)30-4-2)27-20(28)16-7-5-6-8-18(16)23(24,25)26/h5-13H,3-4H2,1-2H3,(H,27,28). The first-order valence-electron chi connectivity index (χ1n) is 9.61. The normalized spacial score (nSPS) is 11.3.